The molecule has 2 saturated carbocycles. The molecule has 0 aromatic heterocycles. The fourth-order valence-corrected chi connectivity index (χ4v) is 7.48. The predicted molar refractivity (Wildman–Crippen MR) is 132 cm³/mol. The lowest BCUT2D eigenvalue weighted by atomic mass is 9.46. The quantitative estimate of drug-likeness (QED) is 0.469. The van der Waals surface area contributed by atoms with Crippen LogP contribution in [0.25, 0.3) is 0 Å². The standard InChI is InChI=1S/C29H36O8/c1-15-11-12-29(34)25(37-26(33)17-9-7-6-8-10-17)22-18-14-35-19(18)13-20(31)28(22,5)24(32)23(36-16(2)30)21(15)27(29,3)4/h6-10,18-20,22-23,25,31,34H,11-14H2,1-5H3/t18?,19?,20-,22?,23+,25-,28+,29+/m0/s1. The van der Waals surface area contributed by atoms with Crippen molar-refractivity contribution >= 4 is 17.7 Å². The lowest BCUT2D eigenvalue weighted by Gasteiger charge is -2.64. The van der Waals surface area contributed by atoms with Crippen molar-refractivity contribution in [2.45, 2.75) is 83.9 Å². The number of allylic oxidation sites excluding steroid dienone is 1. The van der Waals surface area contributed by atoms with Crippen LogP contribution in [-0.4, -0.2) is 64.6 Å². The summed E-state index contributed by atoms with van der Waals surface area (Å²) in [5, 5.41) is 24.1. The average Bonchev–Trinajstić information content (AvgIpc) is 2.83. The first kappa shape index (κ1) is 26.1. The van der Waals surface area contributed by atoms with Crippen LogP contribution in [-0.2, 0) is 23.8 Å². The Morgan fingerprint density at radius 2 is 1.78 bits per heavy atom. The van der Waals surface area contributed by atoms with Crippen LogP contribution in [0.3, 0.4) is 0 Å². The molecule has 0 radical (unpaired) electrons. The number of Topliss-reactive ketones (excluding diaryl/α,β-unsaturated/α-hetero) is 1. The number of rotatable bonds is 3. The third-order valence-electron chi connectivity index (χ3n) is 9.73. The largest absolute Gasteiger partial charge is 0.455 e. The predicted octanol–water partition coefficient (Wildman–Crippen LogP) is 3.00. The number of esters is 2. The fourth-order valence-electron chi connectivity index (χ4n) is 7.48. The van der Waals surface area contributed by atoms with Gasteiger partial charge in [0.2, 0.25) is 0 Å². The molecule has 1 saturated heterocycles. The van der Waals surface area contributed by atoms with Gasteiger partial charge in [-0.1, -0.05) is 37.6 Å². The number of aliphatic hydroxyl groups excluding tert-OH is 1. The van der Waals surface area contributed by atoms with E-state index in [1.54, 1.807) is 37.3 Å². The molecular formula is C29H36O8. The molecular weight excluding hydrogens is 476 g/mol. The third-order valence-corrected chi connectivity index (χ3v) is 9.73. The zero-order valence-corrected chi connectivity index (χ0v) is 22.0. The molecule has 2 bridgehead atoms. The Bertz CT molecular complexity index is 1160. The summed E-state index contributed by atoms with van der Waals surface area (Å²) in [6.45, 7) is 8.73. The normalized spacial score (nSPS) is 40.4. The van der Waals surface area contributed by atoms with Crippen molar-refractivity contribution in [3.8, 4) is 0 Å². The van der Waals surface area contributed by atoms with Gasteiger partial charge in [-0.05, 0) is 44.4 Å². The first-order chi connectivity index (χ1) is 17.3. The smallest absolute Gasteiger partial charge is 0.338 e. The molecule has 200 valence electrons. The number of fused-ring (bicyclic) bond motifs is 5. The van der Waals surface area contributed by atoms with Crippen LogP contribution in [0.4, 0.5) is 0 Å². The molecule has 1 aromatic carbocycles. The third kappa shape index (κ3) is 3.63. The van der Waals surface area contributed by atoms with Crippen molar-refractivity contribution in [1.82, 2.24) is 0 Å². The number of hydrogen-bond acceptors (Lipinski definition) is 8. The molecule has 3 unspecified atom stereocenters. The number of hydrogen-bond donors (Lipinski definition) is 2. The summed E-state index contributed by atoms with van der Waals surface area (Å²) in [5.74, 6) is -2.63. The number of ketones is 1. The van der Waals surface area contributed by atoms with Gasteiger partial charge in [0.05, 0.1) is 29.8 Å². The minimum absolute atomic E-state index is 0.225. The van der Waals surface area contributed by atoms with Crippen molar-refractivity contribution < 1.29 is 38.8 Å². The van der Waals surface area contributed by atoms with Crippen LogP contribution < -0.4 is 0 Å². The summed E-state index contributed by atoms with van der Waals surface area (Å²) in [6, 6.07) is 8.54. The zero-order chi connectivity index (χ0) is 26.9. The molecule has 3 fully saturated rings. The lowest BCUT2D eigenvalue weighted by molar-refractivity contribution is -0.274. The molecule has 1 aliphatic heterocycles. The highest BCUT2D eigenvalue weighted by Gasteiger charge is 2.71. The number of ether oxygens (including phenoxy) is 3. The fraction of sp³-hybridized carbons (Fsp3) is 0.621. The van der Waals surface area contributed by atoms with E-state index < -0.39 is 58.4 Å². The van der Waals surface area contributed by atoms with Crippen LogP contribution >= 0.6 is 0 Å². The maximum absolute atomic E-state index is 14.5. The summed E-state index contributed by atoms with van der Waals surface area (Å²) in [6.07, 6.45) is -2.89. The van der Waals surface area contributed by atoms with E-state index in [9.17, 15) is 24.6 Å². The van der Waals surface area contributed by atoms with E-state index in [0.29, 0.717) is 24.2 Å². The van der Waals surface area contributed by atoms with Crippen LogP contribution in [0.15, 0.2) is 41.5 Å². The van der Waals surface area contributed by atoms with E-state index in [-0.39, 0.29) is 24.9 Å². The number of benzene rings is 1. The van der Waals surface area contributed by atoms with Crippen molar-refractivity contribution in [1.29, 1.82) is 0 Å². The second kappa shape index (κ2) is 8.75. The molecule has 5 rings (SSSR count). The summed E-state index contributed by atoms with van der Waals surface area (Å²) < 4.78 is 17.7. The molecule has 0 amide bonds. The van der Waals surface area contributed by atoms with Crippen molar-refractivity contribution in [3.05, 3.63) is 47.0 Å². The van der Waals surface area contributed by atoms with Crippen molar-refractivity contribution in [3.63, 3.8) is 0 Å². The minimum Gasteiger partial charge on any atom is -0.455 e. The highest BCUT2D eigenvalue weighted by atomic mass is 16.6. The number of aliphatic hydroxyl groups is 2. The van der Waals surface area contributed by atoms with Gasteiger partial charge in [-0.3, -0.25) is 9.59 Å². The van der Waals surface area contributed by atoms with Gasteiger partial charge in [0.1, 0.15) is 11.7 Å². The van der Waals surface area contributed by atoms with E-state index in [1.165, 1.54) is 6.92 Å². The first-order valence-corrected chi connectivity index (χ1v) is 13.0. The summed E-state index contributed by atoms with van der Waals surface area (Å²) in [5.41, 5.74) is -2.46. The van der Waals surface area contributed by atoms with Gasteiger partial charge < -0.3 is 24.4 Å². The molecule has 3 aliphatic carbocycles. The maximum Gasteiger partial charge on any atom is 0.338 e. The SMILES string of the molecule is CC(=O)O[C@H]1C(=O)[C@@]2(C)C(C3COC3C[C@@H]2O)[C@H](OC(=O)c2ccccc2)[C@]2(O)CCC(C)=C1C2(C)C. The van der Waals surface area contributed by atoms with Gasteiger partial charge in [0.25, 0.3) is 0 Å². The molecule has 1 heterocycles. The number of carbonyl (C=O) groups is 3. The van der Waals surface area contributed by atoms with Crippen molar-refractivity contribution in [2.75, 3.05) is 6.61 Å². The van der Waals surface area contributed by atoms with Crippen LogP contribution in [0.2, 0.25) is 0 Å². The molecule has 8 atom stereocenters. The Balaban J connectivity index is 1.74. The van der Waals surface area contributed by atoms with E-state index in [1.807, 2.05) is 20.8 Å². The lowest BCUT2D eigenvalue weighted by Crippen LogP contribution is -2.74. The molecule has 0 spiro atoms. The van der Waals surface area contributed by atoms with Crippen molar-refractivity contribution in [2.24, 2.45) is 22.7 Å². The minimum atomic E-state index is -1.60. The highest BCUT2D eigenvalue weighted by Crippen LogP contribution is 2.62. The summed E-state index contributed by atoms with van der Waals surface area (Å²) >= 11 is 0. The molecule has 37 heavy (non-hydrogen) atoms. The molecule has 4 aliphatic rings. The van der Waals surface area contributed by atoms with Crippen LogP contribution in [0, 0.1) is 22.7 Å². The molecule has 8 heteroatoms. The monoisotopic (exact) mass is 512 g/mol. The Morgan fingerprint density at radius 3 is 2.38 bits per heavy atom. The van der Waals surface area contributed by atoms with Gasteiger partial charge in [-0.2, -0.15) is 0 Å². The second-order valence-corrected chi connectivity index (χ2v) is 11.9. The maximum atomic E-state index is 14.5. The number of carbonyl (C=O) groups excluding carboxylic acids is 3. The second-order valence-electron chi connectivity index (χ2n) is 11.9. The zero-order valence-electron chi connectivity index (χ0n) is 22.0. The van der Waals surface area contributed by atoms with Gasteiger partial charge in [-0.15, -0.1) is 0 Å². The highest BCUT2D eigenvalue weighted by molar-refractivity contribution is 5.95. The van der Waals surface area contributed by atoms with E-state index in [4.69, 9.17) is 14.2 Å². The van der Waals surface area contributed by atoms with E-state index in [0.717, 1.165) is 5.57 Å². The van der Waals surface area contributed by atoms with Gasteiger partial charge in [0, 0.05) is 30.6 Å². The first-order valence-electron chi connectivity index (χ1n) is 13.0. The topological polar surface area (TPSA) is 119 Å². The van der Waals surface area contributed by atoms with Gasteiger partial charge >= 0.3 is 11.9 Å². The molecule has 1 aromatic rings. The van der Waals surface area contributed by atoms with E-state index in [2.05, 4.69) is 0 Å². The Morgan fingerprint density at radius 1 is 1.11 bits per heavy atom. The van der Waals surface area contributed by atoms with E-state index >= 15 is 0 Å². The van der Waals surface area contributed by atoms with Gasteiger partial charge in [0.15, 0.2) is 11.9 Å². The van der Waals surface area contributed by atoms with Gasteiger partial charge in [-0.25, -0.2) is 4.79 Å². The Labute approximate surface area is 217 Å². The average molecular weight is 513 g/mol. The Hall–Kier alpha value is -2.55. The van der Waals surface area contributed by atoms with Crippen LogP contribution in [0.1, 0.15) is 64.2 Å². The molecule has 8 nitrogen and oxygen atoms in total. The molecule has 2 N–H and O–H groups in total. The van der Waals surface area contributed by atoms with Crippen LogP contribution in [0.5, 0.6) is 0 Å². The summed E-state index contributed by atoms with van der Waals surface area (Å²) in [4.78, 5) is 40.2. The summed E-state index contributed by atoms with van der Waals surface area (Å²) in [7, 11) is 0. The Kier molecular flexibility index (Phi) is 6.17.